The number of anilines is 1. The van der Waals surface area contributed by atoms with E-state index in [4.69, 9.17) is 0 Å². The number of hydrogen-bond acceptors (Lipinski definition) is 5. The second-order valence-corrected chi connectivity index (χ2v) is 6.64. The molecule has 1 amide bonds. The van der Waals surface area contributed by atoms with Crippen LogP contribution in [0, 0.1) is 5.82 Å². The average Bonchev–Trinajstić information content (AvgIpc) is 3.18. The molecule has 0 atom stereocenters. The van der Waals surface area contributed by atoms with Crippen LogP contribution >= 0.6 is 11.3 Å². The van der Waals surface area contributed by atoms with E-state index in [0.717, 1.165) is 4.57 Å². The van der Waals surface area contributed by atoms with Crippen LogP contribution in [0.5, 0.6) is 0 Å². The summed E-state index contributed by atoms with van der Waals surface area (Å²) in [5, 5.41) is 4.88. The number of thiazole rings is 1. The van der Waals surface area contributed by atoms with Crippen molar-refractivity contribution in [1.82, 2.24) is 14.5 Å². The molecule has 28 heavy (non-hydrogen) atoms. The second kappa shape index (κ2) is 7.53. The number of rotatable bonds is 4. The maximum Gasteiger partial charge on any atom is 0.258 e. The molecule has 3 aromatic heterocycles. The average molecular weight is 392 g/mol. The minimum Gasteiger partial charge on any atom is -0.298 e. The van der Waals surface area contributed by atoms with Crippen LogP contribution in [0.4, 0.5) is 9.52 Å². The third-order valence-corrected chi connectivity index (χ3v) is 4.69. The number of carbonyl (C=O) groups is 1. The summed E-state index contributed by atoms with van der Waals surface area (Å²) in [5.41, 5.74) is 1.20. The number of nitrogens with one attached hydrogen (secondary N) is 1. The van der Waals surface area contributed by atoms with Gasteiger partial charge in [-0.2, -0.15) is 0 Å². The minimum atomic E-state index is -0.554. The van der Waals surface area contributed by atoms with Gasteiger partial charge in [0.2, 0.25) is 0 Å². The third kappa shape index (κ3) is 3.58. The minimum absolute atomic E-state index is 0.0776. The number of amides is 1. The van der Waals surface area contributed by atoms with Gasteiger partial charge >= 0.3 is 0 Å². The van der Waals surface area contributed by atoms with Crippen LogP contribution in [0.1, 0.15) is 10.4 Å². The summed E-state index contributed by atoms with van der Waals surface area (Å²) in [6.45, 7) is 0. The summed E-state index contributed by atoms with van der Waals surface area (Å²) in [6.07, 6.45) is 2.97. The highest BCUT2D eigenvalue weighted by Gasteiger charge is 2.13. The monoisotopic (exact) mass is 392 g/mol. The zero-order valence-corrected chi connectivity index (χ0v) is 15.2. The van der Waals surface area contributed by atoms with E-state index >= 15 is 0 Å². The lowest BCUT2D eigenvalue weighted by Crippen LogP contribution is -2.21. The summed E-state index contributed by atoms with van der Waals surface area (Å²) < 4.78 is 15.1. The Kier molecular flexibility index (Phi) is 4.77. The van der Waals surface area contributed by atoms with Crippen LogP contribution < -0.4 is 10.9 Å². The normalized spacial score (nSPS) is 10.6. The van der Waals surface area contributed by atoms with Crippen molar-refractivity contribution in [2.24, 2.45) is 0 Å². The highest BCUT2D eigenvalue weighted by Crippen LogP contribution is 2.23. The summed E-state index contributed by atoms with van der Waals surface area (Å²) in [6, 6.07) is 14.0. The van der Waals surface area contributed by atoms with Crippen molar-refractivity contribution in [2.45, 2.75) is 0 Å². The fraction of sp³-hybridized carbons (Fsp3) is 0. The summed E-state index contributed by atoms with van der Waals surface area (Å²) in [5.74, 6) is -1.01. The van der Waals surface area contributed by atoms with Crippen molar-refractivity contribution < 1.29 is 9.18 Å². The Morgan fingerprint density at radius 2 is 1.86 bits per heavy atom. The highest BCUT2D eigenvalue weighted by atomic mass is 32.1. The third-order valence-electron chi connectivity index (χ3n) is 3.94. The summed E-state index contributed by atoms with van der Waals surface area (Å²) >= 11 is 1.26. The van der Waals surface area contributed by atoms with Crippen LogP contribution in [-0.4, -0.2) is 20.4 Å². The van der Waals surface area contributed by atoms with Gasteiger partial charge in [0.25, 0.3) is 11.5 Å². The number of benzene rings is 1. The molecule has 6 nitrogen and oxygen atoms in total. The standard InChI is InChI=1S/C20H13FN4O2S/c21-14-5-1-2-7-17(14)25-11-13(8-9-18(25)26)19(27)24-20-23-16(12-28-20)15-6-3-4-10-22-15/h1-12H,(H,23,24,27). The van der Waals surface area contributed by atoms with Gasteiger partial charge in [-0.3, -0.25) is 24.5 Å². The predicted octanol–water partition coefficient (Wildman–Crippen LogP) is 3.75. The van der Waals surface area contributed by atoms with Gasteiger partial charge in [0.1, 0.15) is 11.5 Å². The Morgan fingerprint density at radius 1 is 1.04 bits per heavy atom. The Morgan fingerprint density at radius 3 is 2.64 bits per heavy atom. The molecule has 0 radical (unpaired) electrons. The topological polar surface area (TPSA) is 76.9 Å². The molecular formula is C20H13FN4O2S. The van der Waals surface area contributed by atoms with Gasteiger partial charge in [-0.1, -0.05) is 18.2 Å². The van der Waals surface area contributed by atoms with E-state index in [0.29, 0.717) is 16.5 Å². The Hall–Kier alpha value is -3.65. The first-order valence-electron chi connectivity index (χ1n) is 8.28. The van der Waals surface area contributed by atoms with Crippen molar-refractivity contribution in [2.75, 3.05) is 5.32 Å². The molecule has 0 aliphatic carbocycles. The fourth-order valence-electron chi connectivity index (χ4n) is 2.59. The van der Waals surface area contributed by atoms with E-state index in [-0.39, 0.29) is 11.3 Å². The van der Waals surface area contributed by atoms with Crippen LogP contribution in [0.2, 0.25) is 0 Å². The van der Waals surface area contributed by atoms with Crippen molar-refractivity contribution >= 4 is 22.4 Å². The molecule has 8 heteroatoms. The van der Waals surface area contributed by atoms with Gasteiger partial charge in [-0.25, -0.2) is 9.37 Å². The quantitative estimate of drug-likeness (QED) is 0.574. The molecule has 4 rings (SSSR count). The summed E-state index contributed by atoms with van der Waals surface area (Å²) in [7, 11) is 0. The lowest BCUT2D eigenvalue weighted by Gasteiger charge is -2.09. The second-order valence-electron chi connectivity index (χ2n) is 5.78. The maximum absolute atomic E-state index is 14.0. The predicted molar refractivity (Wildman–Crippen MR) is 105 cm³/mol. The van der Waals surface area contributed by atoms with Crippen LogP contribution in [-0.2, 0) is 0 Å². The van der Waals surface area contributed by atoms with E-state index in [1.54, 1.807) is 17.6 Å². The van der Waals surface area contributed by atoms with Crippen LogP contribution in [0.15, 0.2) is 77.2 Å². The van der Waals surface area contributed by atoms with Crippen LogP contribution in [0.25, 0.3) is 17.1 Å². The SMILES string of the molecule is O=C(Nc1nc(-c2ccccn2)cs1)c1ccc(=O)n(-c2ccccc2F)c1. The largest absolute Gasteiger partial charge is 0.298 e. The first-order valence-corrected chi connectivity index (χ1v) is 9.16. The van der Waals surface area contributed by atoms with E-state index < -0.39 is 17.3 Å². The molecule has 138 valence electrons. The van der Waals surface area contributed by atoms with Gasteiger partial charge in [0, 0.05) is 23.8 Å². The van der Waals surface area contributed by atoms with E-state index in [2.05, 4.69) is 15.3 Å². The molecule has 1 aromatic carbocycles. The van der Waals surface area contributed by atoms with Gasteiger partial charge in [-0.05, 0) is 30.3 Å². The van der Waals surface area contributed by atoms with Crippen LogP contribution in [0.3, 0.4) is 0 Å². The molecular weight excluding hydrogens is 379 g/mol. The first-order chi connectivity index (χ1) is 13.6. The van der Waals surface area contributed by atoms with E-state index in [9.17, 15) is 14.0 Å². The summed E-state index contributed by atoms with van der Waals surface area (Å²) in [4.78, 5) is 33.3. The van der Waals surface area contributed by atoms with Crippen molar-refractivity contribution in [3.63, 3.8) is 0 Å². The number of aromatic nitrogens is 3. The van der Waals surface area contributed by atoms with Gasteiger partial charge in [0.15, 0.2) is 5.13 Å². The Balaban J connectivity index is 1.60. The number of nitrogens with zero attached hydrogens (tertiary/aromatic N) is 3. The zero-order chi connectivity index (χ0) is 19.5. The molecule has 0 aliphatic rings. The van der Waals surface area contributed by atoms with E-state index in [1.807, 2.05) is 18.2 Å². The maximum atomic E-state index is 14.0. The lowest BCUT2D eigenvalue weighted by molar-refractivity contribution is 0.102. The van der Waals surface area contributed by atoms with Crippen molar-refractivity contribution in [3.8, 4) is 17.1 Å². The molecule has 0 aliphatic heterocycles. The van der Waals surface area contributed by atoms with Gasteiger partial charge < -0.3 is 0 Å². The lowest BCUT2D eigenvalue weighted by atomic mass is 10.2. The first kappa shape index (κ1) is 17.7. The molecule has 0 saturated carbocycles. The van der Waals surface area contributed by atoms with Crippen molar-refractivity contribution in [3.05, 3.63) is 94.1 Å². The van der Waals surface area contributed by atoms with Gasteiger partial charge in [0.05, 0.1) is 16.9 Å². The number of pyridine rings is 2. The fourth-order valence-corrected chi connectivity index (χ4v) is 3.29. The number of carbonyl (C=O) groups excluding carboxylic acids is 1. The zero-order valence-electron chi connectivity index (χ0n) is 14.4. The number of para-hydroxylation sites is 1. The molecule has 0 fully saturated rings. The van der Waals surface area contributed by atoms with Gasteiger partial charge in [-0.15, -0.1) is 11.3 Å². The Labute approximate surface area is 163 Å². The smallest absolute Gasteiger partial charge is 0.258 e. The molecule has 1 N–H and O–H groups in total. The van der Waals surface area contributed by atoms with E-state index in [1.165, 1.54) is 47.9 Å². The van der Waals surface area contributed by atoms with Crippen molar-refractivity contribution in [1.29, 1.82) is 0 Å². The highest BCUT2D eigenvalue weighted by molar-refractivity contribution is 7.14. The molecule has 0 saturated heterocycles. The molecule has 0 spiro atoms. The number of hydrogen-bond donors (Lipinski definition) is 1. The molecule has 0 bridgehead atoms. The molecule has 4 aromatic rings. The Bertz CT molecular complexity index is 1200. The number of halogens is 1. The molecule has 3 heterocycles. The molecule has 0 unspecified atom stereocenters.